The number of fused-ring (bicyclic) bond motifs is 1. The standard InChI is InChI=1S/C25H19F4N3O4/c1-15(24(33)31-17-3-5-18(6-4-17)34-14-25(27,28)29)35-19-7-9-20(10-8-19)36-23-13-30-22-12-16(26)2-11-21(22)32-23/h2-13,15H,14H2,1H3,(H,31,33). The first-order valence-electron chi connectivity index (χ1n) is 10.6. The fourth-order valence-corrected chi connectivity index (χ4v) is 3.02. The summed E-state index contributed by atoms with van der Waals surface area (Å²) in [5.41, 5.74) is 1.26. The first kappa shape index (κ1) is 24.7. The first-order valence-corrected chi connectivity index (χ1v) is 10.6. The van der Waals surface area contributed by atoms with Crippen LogP contribution in [0.25, 0.3) is 11.0 Å². The van der Waals surface area contributed by atoms with Crippen LogP contribution in [-0.4, -0.2) is 34.8 Å². The highest BCUT2D eigenvalue weighted by Gasteiger charge is 2.28. The van der Waals surface area contributed by atoms with Crippen molar-refractivity contribution in [1.82, 2.24) is 9.97 Å². The van der Waals surface area contributed by atoms with Crippen LogP contribution in [0.3, 0.4) is 0 Å². The highest BCUT2D eigenvalue weighted by molar-refractivity contribution is 5.94. The number of benzene rings is 3. The van der Waals surface area contributed by atoms with E-state index >= 15 is 0 Å². The summed E-state index contributed by atoms with van der Waals surface area (Å²) in [7, 11) is 0. The molecule has 0 radical (unpaired) electrons. The fourth-order valence-electron chi connectivity index (χ4n) is 3.02. The minimum absolute atomic E-state index is 0.0282. The number of aromatic nitrogens is 2. The monoisotopic (exact) mass is 501 g/mol. The predicted octanol–water partition coefficient (Wildman–Crippen LogP) is 5.91. The molecule has 0 bridgehead atoms. The lowest BCUT2D eigenvalue weighted by Crippen LogP contribution is -2.30. The van der Waals surface area contributed by atoms with E-state index in [0.717, 1.165) is 0 Å². The summed E-state index contributed by atoms with van der Waals surface area (Å²) in [6.07, 6.45) is -3.92. The topological polar surface area (TPSA) is 82.6 Å². The van der Waals surface area contributed by atoms with E-state index in [4.69, 9.17) is 9.47 Å². The minimum atomic E-state index is -4.43. The summed E-state index contributed by atoms with van der Waals surface area (Å²) in [5.74, 6) is 0.244. The number of carbonyl (C=O) groups excluding carboxylic acids is 1. The Bertz CT molecular complexity index is 1350. The molecule has 1 N–H and O–H groups in total. The van der Waals surface area contributed by atoms with Crippen LogP contribution >= 0.6 is 0 Å². The number of hydrogen-bond acceptors (Lipinski definition) is 6. The van der Waals surface area contributed by atoms with E-state index in [9.17, 15) is 22.4 Å². The summed E-state index contributed by atoms with van der Waals surface area (Å²) in [6.45, 7) is 0.151. The van der Waals surface area contributed by atoms with Crippen molar-refractivity contribution in [2.24, 2.45) is 0 Å². The molecule has 0 saturated carbocycles. The first-order chi connectivity index (χ1) is 17.1. The summed E-state index contributed by atoms with van der Waals surface area (Å²) >= 11 is 0. The average molecular weight is 501 g/mol. The van der Waals surface area contributed by atoms with Crippen molar-refractivity contribution in [2.75, 3.05) is 11.9 Å². The number of nitrogens with one attached hydrogen (secondary N) is 1. The van der Waals surface area contributed by atoms with Gasteiger partial charge in [-0.2, -0.15) is 13.2 Å². The number of ether oxygens (including phenoxy) is 3. The van der Waals surface area contributed by atoms with E-state index in [1.807, 2.05) is 0 Å². The van der Waals surface area contributed by atoms with E-state index < -0.39 is 30.6 Å². The van der Waals surface area contributed by atoms with Crippen LogP contribution < -0.4 is 19.5 Å². The van der Waals surface area contributed by atoms with Gasteiger partial charge in [0.05, 0.1) is 17.2 Å². The SMILES string of the molecule is CC(Oc1ccc(Oc2cnc3cc(F)ccc3n2)cc1)C(=O)Nc1ccc(OCC(F)(F)F)cc1. The lowest BCUT2D eigenvalue weighted by molar-refractivity contribution is -0.153. The van der Waals surface area contributed by atoms with Gasteiger partial charge >= 0.3 is 6.18 Å². The maximum absolute atomic E-state index is 13.3. The van der Waals surface area contributed by atoms with Gasteiger partial charge in [0.2, 0.25) is 5.88 Å². The summed E-state index contributed by atoms with van der Waals surface area (Å²) < 4.78 is 65.9. The summed E-state index contributed by atoms with van der Waals surface area (Å²) in [4.78, 5) is 20.8. The Labute approximate surface area is 202 Å². The van der Waals surface area contributed by atoms with E-state index in [0.29, 0.717) is 28.2 Å². The van der Waals surface area contributed by atoms with Crippen LogP contribution in [0.5, 0.6) is 23.1 Å². The van der Waals surface area contributed by atoms with Crippen molar-refractivity contribution in [1.29, 1.82) is 0 Å². The van der Waals surface area contributed by atoms with Gasteiger partial charge in [0, 0.05) is 11.8 Å². The molecule has 4 rings (SSSR count). The number of alkyl halides is 3. The number of anilines is 1. The fraction of sp³-hybridized carbons (Fsp3) is 0.160. The van der Waals surface area contributed by atoms with Crippen LogP contribution in [0.15, 0.2) is 72.9 Å². The van der Waals surface area contributed by atoms with Gasteiger partial charge in [-0.25, -0.2) is 14.4 Å². The van der Waals surface area contributed by atoms with Gasteiger partial charge in [-0.05, 0) is 67.6 Å². The number of carbonyl (C=O) groups is 1. The quantitative estimate of drug-likeness (QED) is 0.303. The molecule has 0 spiro atoms. The van der Waals surface area contributed by atoms with Gasteiger partial charge in [0.25, 0.3) is 5.91 Å². The van der Waals surface area contributed by atoms with Gasteiger partial charge in [-0.1, -0.05) is 0 Å². The largest absolute Gasteiger partial charge is 0.484 e. The molecule has 0 aliphatic heterocycles. The van der Waals surface area contributed by atoms with E-state index in [1.54, 1.807) is 31.2 Å². The van der Waals surface area contributed by atoms with Crippen molar-refractivity contribution in [3.8, 4) is 23.1 Å². The second-order valence-corrected chi connectivity index (χ2v) is 7.59. The van der Waals surface area contributed by atoms with Crippen LogP contribution in [-0.2, 0) is 4.79 Å². The molecular weight excluding hydrogens is 482 g/mol. The smallest absolute Gasteiger partial charge is 0.422 e. The van der Waals surface area contributed by atoms with Crippen LogP contribution in [0.2, 0.25) is 0 Å². The molecule has 186 valence electrons. The molecule has 1 aromatic heterocycles. The molecule has 4 aromatic rings. The van der Waals surface area contributed by atoms with Gasteiger partial charge in [0.15, 0.2) is 12.7 Å². The van der Waals surface area contributed by atoms with Gasteiger partial charge < -0.3 is 19.5 Å². The van der Waals surface area contributed by atoms with E-state index in [2.05, 4.69) is 20.0 Å². The molecule has 0 aliphatic carbocycles. The molecular formula is C25H19F4N3O4. The molecule has 1 unspecified atom stereocenters. The Morgan fingerprint density at radius 3 is 2.31 bits per heavy atom. The van der Waals surface area contributed by atoms with Crippen LogP contribution in [0, 0.1) is 5.82 Å². The van der Waals surface area contributed by atoms with Crippen molar-refractivity contribution in [3.63, 3.8) is 0 Å². The van der Waals surface area contributed by atoms with Crippen molar-refractivity contribution >= 4 is 22.6 Å². The van der Waals surface area contributed by atoms with Gasteiger partial charge in [0.1, 0.15) is 23.1 Å². The average Bonchev–Trinajstić information content (AvgIpc) is 2.84. The zero-order chi connectivity index (χ0) is 25.7. The van der Waals surface area contributed by atoms with Crippen molar-refractivity contribution in [3.05, 3.63) is 78.7 Å². The van der Waals surface area contributed by atoms with Crippen LogP contribution in [0.1, 0.15) is 6.92 Å². The van der Waals surface area contributed by atoms with Gasteiger partial charge in [-0.15, -0.1) is 0 Å². The zero-order valence-corrected chi connectivity index (χ0v) is 18.8. The molecule has 7 nitrogen and oxygen atoms in total. The molecule has 36 heavy (non-hydrogen) atoms. The van der Waals surface area contributed by atoms with Gasteiger partial charge in [-0.3, -0.25) is 4.79 Å². The zero-order valence-electron chi connectivity index (χ0n) is 18.8. The second-order valence-electron chi connectivity index (χ2n) is 7.59. The Hall–Kier alpha value is -4.41. The Morgan fingerprint density at radius 1 is 0.944 bits per heavy atom. The molecule has 11 heteroatoms. The lowest BCUT2D eigenvalue weighted by Gasteiger charge is -2.15. The number of amides is 1. The van der Waals surface area contributed by atoms with Crippen molar-refractivity contribution < 1.29 is 36.6 Å². The lowest BCUT2D eigenvalue weighted by atomic mass is 10.2. The number of hydrogen-bond donors (Lipinski definition) is 1. The highest BCUT2D eigenvalue weighted by Crippen LogP contribution is 2.25. The predicted molar refractivity (Wildman–Crippen MR) is 123 cm³/mol. The Morgan fingerprint density at radius 2 is 1.61 bits per heavy atom. The molecule has 1 amide bonds. The number of nitrogens with zero attached hydrogens (tertiary/aromatic N) is 2. The van der Waals surface area contributed by atoms with Crippen molar-refractivity contribution in [2.45, 2.75) is 19.2 Å². The minimum Gasteiger partial charge on any atom is -0.484 e. The third-order valence-corrected chi connectivity index (χ3v) is 4.73. The second kappa shape index (κ2) is 10.5. The molecule has 1 atom stereocenters. The molecule has 1 heterocycles. The summed E-state index contributed by atoms with van der Waals surface area (Å²) in [6, 6.07) is 16.0. The normalized spacial score (nSPS) is 12.1. The Balaban J connectivity index is 1.30. The van der Waals surface area contributed by atoms with Crippen LogP contribution in [0.4, 0.5) is 23.2 Å². The maximum Gasteiger partial charge on any atom is 0.422 e. The number of rotatable bonds is 8. The maximum atomic E-state index is 13.3. The molecule has 0 saturated heterocycles. The van der Waals surface area contributed by atoms with E-state index in [-0.39, 0.29) is 11.6 Å². The number of halogens is 4. The third kappa shape index (κ3) is 6.81. The Kier molecular flexibility index (Phi) is 7.18. The van der Waals surface area contributed by atoms with E-state index in [1.165, 1.54) is 48.7 Å². The molecule has 3 aromatic carbocycles. The molecule has 0 fully saturated rings. The highest BCUT2D eigenvalue weighted by atomic mass is 19.4. The summed E-state index contributed by atoms with van der Waals surface area (Å²) in [5, 5.41) is 2.62. The molecule has 0 aliphatic rings. The third-order valence-electron chi connectivity index (χ3n) is 4.73.